The summed E-state index contributed by atoms with van der Waals surface area (Å²) in [6.45, 7) is 1.75. The maximum absolute atomic E-state index is 11.3. The molecule has 1 aromatic carbocycles. The van der Waals surface area contributed by atoms with E-state index in [0.717, 1.165) is 5.57 Å². The van der Waals surface area contributed by atoms with E-state index in [1.54, 1.807) is 24.3 Å². The summed E-state index contributed by atoms with van der Waals surface area (Å²) in [6.07, 6.45) is 3.45. The van der Waals surface area contributed by atoms with Gasteiger partial charge in [0, 0.05) is 11.1 Å². The van der Waals surface area contributed by atoms with Crippen LogP contribution in [0.1, 0.15) is 22.8 Å². The fraction of sp³-hybridized carbons (Fsp3) is 0.154. The number of halogens is 1. The molecule has 0 bridgehead atoms. The predicted molar refractivity (Wildman–Crippen MR) is 66.6 cm³/mol. The van der Waals surface area contributed by atoms with Crippen molar-refractivity contribution in [1.82, 2.24) is 0 Å². The first-order valence-electron chi connectivity index (χ1n) is 5.10. The van der Waals surface area contributed by atoms with Crippen molar-refractivity contribution in [2.24, 2.45) is 0 Å². The number of benzene rings is 1. The number of phenolic OH excluding ortho intramolecular Hbond substituents is 1. The van der Waals surface area contributed by atoms with Crippen molar-refractivity contribution in [2.75, 3.05) is 6.61 Å². The number of aromatic hydroxyl groups is 1. The third-order valence-corrected chi connectivity index (χ3v) is 2.84. The topological polar surface area (TPSA) is 46.5 Å². The molecule has 0 atom stereocenters. The Kier molecular flexibility index (Phi) is 3.20. The number of hydrogen-bond acceptors (Lipinski definition) is 3. The summed E-state index contributed by atoms with van der Waals surface area (Å²) < 4.78 is 5.48. The normalized spacial score (nSPS) is 16.2. The molecule has 1 N–H and O–H groups in total. The Bertz CT molecular complexity index is 530. The second kappa shape index (κ2) is 4.63. The van der Waals surface area contributed by atoms with Crippen molar-refractivity contribution in [3.05, 3.63) is 40.4 Å². The Morgan fingerprint density at radius 2 is 2.24 bits per heavy atom. The molecule has 0 spiro atoms. The predicted octanol–water partition coefficient (Wildman–Crippen LogP) is 3.12. The second-order valence-electron chi connectivity index (χ2n) is 3.74. The minimum atomic E-state index is -0.184. The summed E-state index contributed by atoms with van der Waals surface area (Å²) in [6, 6.07) is 3.23. The van der Waals surface area contributed by atoms with Crippen LogP contribution in [0.5, 0.6) is 11.5 Å². The molecule has 1 aromatic rings. The van der Waals surface area contributed by atoms with Crippen LogP contribution in [0, 0.1) is 0 Å². The molecule has 1 aliphatic heterocycles. The molecule has 0 amide bonds. The first-order chi connectivity index (χ1) is 8.13. The van der Waals surface area contributed by atoms with Crippen LogP contribution in [0.25, 0.3) is 6.08 Å². The molecule has 88 valence electrons. The number of ketones is 1. The van der Waals surface area contributed by atoms with Gasteiger partial charge in [0.1, 0.15) is 18.1 Å². The minimum Gasteiger partial charge on any atom is -0.506 e. The van der Waals surface area contributed by atoms with Crippen LogP contribution in [-0.4, -0.2) is 17.5 Å². The summed E-state index contributed by atoms with van der Waals surface area (Å²) in [5, 5.41) is 9.98. The van der Waals surface area contributed by atoms with E-state index in [1.807, 2.05) is 0 Å². The number of rotatable bonds is 1. The largest absolute Gasteiger partial charge is 0.506 e. The van der Waals surface area contributed by atoms with Gasteiger partial charge in [0.25, 0.3) is 0 Å². The fourth-order valence-corrected chi connectivity index (χ4v) is 1.76. The molecule has 17 heavy (non-hydrogen) atoms. The maximum Gasteiger partial charge on any atom is 0.163 e. The van der Waals surface area contributed by atoms with Gasteiger partial charge in [-0.1, -0.05) is 17.7 Å². The summed E-state index contributed by atoms with van der Waals surface area (Å²) in [5.41, 5.74) is 3.01. The third-order valence-electron chi connectivity index (χ3n) is 2.55. The van der Waals surface area contributed by atoms with E-state index in [4.69, 9.17) is 16.3 Å². The van der Waals surface area contributed by atoms with E-state index in [1.165, 1.54) is 12.5 Å². The SMILES string of the molecule is CC(=O)c1ccc2c(c1O)C=CC(=CCl)CO2. The molecule has 4 heteroatoms. The van der Waals surface area contributed by atoms with E-state index in [0.29, 0.717) is 17.9 Å². The van der Waals surface area contributed by atoms with Gasteiger partial charge in [0.2, 0.25) is 0 Å². The highest BCUT2D eigenvalue weighted by Crippen LogP contribution is 2.34. The van der Waals surface area contributed by atoms with E-state index in [2.05, 4.69) is 0 Å². The number of carbonyl (C=O) groups is 1. The summed E-state index contributed by atoms with van der Waals surface area (Å²) in [7, 11) is 0. The fourth-order valence-electron chi connectivity index (χ4n) is 1.63. The van der Waals surface area contributed by atoms with Gasteiger partial charge in [0.15, 0.2) is 5.78 Å². The molecule has 1 heterocycles. The molecule has 2 rings (SSSR count). The molecule has 0 fully saturated rings. The molecule has 0 aromatic heterocycles. The molecule has 0 radical (unpaired) electrons. The molecule has 0 saturated heterocycles. The third kappa shape index (κ3) is 2.19. The van der Waals surface area contributed by atoms with Gasteiger partial charge in [-0.3, -0.25) is 4.79 Å². The molecular formula is C13H11ClO3. The Hall–Kier alpha value is -1.74. The Morgan fingerprint density at radius 1 is 1.47 bits per heavy atom. The van der Waals surface area contributed by atoms with Crippen molar-refractivity contribution in [3.8, 4) is 11.5 Å². The Labute approximate surface area is 104 Å². The second-order valence-corrected chi connectivity index (χ2v) is 3.95. The first kappa shape index (κ1) is 11.7. The molecular weight excluding hydrogens is 240 g/mol. The lowest BCUT2D eigenvalue weighted by atomic mass is 10.0. The van der Waals surface area contributed by atoms with Gasteiger partial charge in [0.05, 0.1) is 11.1 Å². The van der Waals surface area contributed by atoms with Crippen LogP contribution >= 0.6 is 11.6 Å². The molecule has 0 saturated carbocycles. The highest BCUT2D eigenvalue weighted by Gasteiger charge is 2.16. The smallest absolute Gasteiger partial charge is 0.163 e. The van der Waals surface area contributed by atoms with E-state index in [-0.39, 0.29) is 17.1 Å². The molecule has 0 unspecified atom stereocenters. The summed E-state index contributed by atoms with van der Waals surface area (Å²) in [5.74, 6) is 0.301. The van der Waals surface area contributed by atoms with Crippen molar-refractivity contribution in [3.63, 3.8) is 0 Å². The lowest BCUT2D eigenvalue weighted by Crippen LogP contribution is -2.00. The summed E-state index contributed by atoms with van der Waals surface area (Å²) in [4.78, 5) is 11.3. The van der Waals surface area contributed by atoms with Gasteiger partial charge in [-0.15, -0.1) is 0 Å². The number of phenols is 1. The molecule has 1 aliphatic rings. The number of fused-ring (bicyclic) bond motifs is 1. The van der Waals surface area contributed by atoms with Gasteiger partial charge in [-0.05, 0) is 25.1 Å². The van der Waals surface area contributed by atoms with E-state index < -0.39 is 0 Å². The van der Waals surface area contributed by atoms with Crippen LogP contribution in [0.3, 0.4) is 0 Å². The highest BCUT2D eigenvalue weighted by atomic mass is 35.5. The summed E-state index contributed by atoms with van der Waals surface area (Å²) >= 11 is 5.61. The van der Waals surface area contributed by atoms with Crippen LogP contribution in [0.4, 0.5) is 0 Å². The van der Waals surface area contributed by atoms with Crippen molar-refractivity contribution in [1.29, 1.82) is 0 Å². The highest BCUT2D eigenvalue weighted by molar-refractivity contribution is 6.25. The van der Waals surface area contributed by atoms with Crippen molar-refractivity contribution in [2.45, 2.75) is 6.92 Å². The zero-order chi connectivity index (χ0) is 12.4. The lowest BCUT2D eigenvalue weighted by Gasteiger charge is -2.10. The van der Waals surface area contributed by atoms with Gasteiger partial charge in [-0.25, -0.2) is 0 Å². The lowest BCUT2D eigenvalue weighted by molar-refractivity contribution is 0.101. The standard InChI is InChI=1S/C13H11ClO3/c1-8(15)10-4-5-12-11(13(10)16)3-2-9(6-14)7-17-12/h2-6,16H,7H2,1H3. The van der Waals surface area contributed by atoms with Crippen LogP contribution in [0.15, 0.2) is 29.3 Å². The maximum atomic E-state index is 11.3. The van der Waals surface area contributed by atoms with Crippen molar-refractivity contribution >= 4 is 23.5 Å². The monoisotopic (exact) mass is 250 g/mol. The number of hydrogen-bond donors (Lipinski definition) is 1. The van der Waals surface area contributed by atoms with Gasteiger partial charge >= 0.3 is 0 Å². The van der Waals surface area contributed by atoms with Crippen LogP contribution in [-0.2, 0) is 0 Å². The first-order valence-corrected chi connectivity index (χ1v) is 5.54. The average molecular weight is 251 g/mol. The number of Topliss-reactive ketones (excluding diaryl/α,β-unsaturated/α-hetero) is 1. The van der Waals surface area contributed by atoms with Crippen LogP contribution < -0.4 is 4.74 Å². The molecule has 0 aliphatic carbocycles. The van der Waals surface area contributed by atoms with Gasteiger partial charge < -0.3 is 9.84 Å². The quantitative estimate of drug-likeness (QED) is 0.779. The Morgan fingerprint density at radius 3 is 2.88 bits per heavy atom. The molecule has 3 nitrogen and oxygen atoms in total. The number of ether oxygens (including phenoxy) is 1. The van der Waals surface area contributed by atoms with Crippen LogP contribution in [0.2, 0.25) is 0 Å². The number of carbonyl (C=O) groups excluding carboxylic acids is 1. The van der Waals surface area contributed by atoms with E-state index in [9.17, 15) is 9.90 Å². The van der Waals surface area contributed by atoms with Gasteiger partial charge in [-0.2, -0.15) is 0 Å². The Balaban J connectivity index is 2.55. The minimum absolute atomic E-state index is 0.0536. The zero-order valence-corrected chi connectivity index (χ0v) is 9.99. The van der Waals surface area contributed by atoms with Crippen molar-refractivity contribution < 1.29 is 14.6 Å². The van der Waals surface area contributed by atoms with E-state index >= 15 is 0 Å². The average Bonchev–Trinajstić information content (AvgIpc) is 2.51. The zero-order valence-electron chi connectivity index (χ0n) is 9.24.